The number of methoxy groups -OCH3 is 2. The number of carbonyl (C=O) groups excluding carboxylic acids is 2. The zero-order valence-electron chi connectivity index (χ0n) is 18.1. The Morgan fingerprint density at radius 3 is 2.79 bits per heavy atom. The van der Waals surface area contributed by atoms with E-state index in [1.807, 2.05) is 23.6 Å². The standard InChI is InChI=1S/C24H22N2O6S/c1-29-21-13-16(8-10-24(28)30-2)7-9-20(21)32-15-23(27)26-18(19-5-3-11-31-19)14-17(25-26)22-6-4-12-33-22/h3-13,18H,14-15H2,1-2H3/b10-8+. The first-order valence-electron chi connectivity index (χ1n) is 10.1. The molecule has 33 heavy (non-hydrogen) atoms. The predicted octanol–water partition coefficient (Wildman–Crippen LogP) is 4.29. The second-order valence-electron chi connectivity index (χ2n) is 7.05. The van der Waals surface area contributed by atoms with Gasteiger partial charge < -0.3 is 18.6 Å². The fraction of sp³-hybridized carbons (Fsp3) is 0.208. The second-order valence-corrected chi connectivity index (χ2v) is 8.00. The van der Waals surface area contributed by atoms with Gasteiger partial charge in [0.15, 0.2) is 18.1 Å². The Bertz CT molecular complexity index is 1170. The van der Waals surface area contributed by atoms with E-state index < -0.39 is 5.97 Å². The van der Waals surface area contributed by atoms with Crippen molar-refractivity contribution in [1.82, 2.24) is 5.01 Å². The topological polar surface area (TPSA) is 90.6 Å². The van der Waals surface area contributed by atoms with E-state index in [9.17, 15) is 9.59 Å². The number of rotatable bonds is 8. The summed E-state index contributed by atoms with van der Waals surface area (Å²) in [5.41, 5.74) is 1.55. The summed E-state index contributed by atoms with van der Waals surface area (Å²) in [5, 5.41) is 7.97. The van der Waals surface area contributed by atoms with Gasteiger partial charge in [-0.2, -0.15) is 5.10 Å². The second kappa shape index (κ2) is 10.2. The molecule has 8 nitrogen and oxygen atoms in total. The van der Waals surface area contributed by atoms with Gasteiger partial charge in [-0.15, -0.1) is 11.3 Å². The van der Waals surface area contributed by atoms with E-state index in [0.29, 0.717) is 23.7 Å². The molecule has 3 aromatic rings. The van der Waals surface area contributed by atoms with Crippen molar-refractivity contribution in [3.63, 3.8) is 0 Å². The Labute approximate surface area is 194 Å². The molecule has 1 aliphatic heterocycles. The van der Waals surface area contributed by atoms with Gasteiger partial charge in [0.25, 0.3) is 5.91 Å². The van der Waals surface area contributed by atoms with Gasteiger partial charge in [0.1, 0.15) is 11.8 Å². The van der Waals surface area contributed by atoms with Crippen LogP contribution in [-0.4, -0.2) is 43.4 Å². The van der Waals surface area contributed by atoms with Crippen LogP contribution in [-0.2, 0) is 14.3 Å². The molecule has 0 aliphatic carbocycles. The van der Waals surface area contributed by atoms with E-state index >= 15 is 0 Å². The molecule has 0 saturated carbocycles. The fourth-order valence-electron chi connectivity index (χ4n) is 3.38. The molecule has 4 rings (SSSR count). The first kappa shape index (κ1) is 22.3. The monoisotopic (exact) mass is 466 g/mol. The lowest BCUT2D eigenvalue weighted by atomic mass is 10.1. The van der Waals surface area contributed by atoms with E-state index in [1.54, 1.807) is 47.9 Å². The highest BCUT2D eigenvalue weighted by atomic mass is 32.1. The van der Waals surface area contributed by atoms with Crippen LogP contribution < -0.4 is 9.47 Å². The molecule has 9 heteroatoms. The van der Waals surface area contributed by atoms with E-state index in [2.05, 4.69) is 9.84 Å². The molecule has 0 saturated heterocycles. The molecule has 170 valence electrons. The minimum absolute atomic E-state index is 0.230. The smallest absolute Gasteiger partial charge is 0.330 e. The molecule has 1 aromatic carbocycles. The van der Waals surface area contributed by atoms with Crippen LogP contribution in [0.4, 0.5) is 0 Å². The highest BCUT2D eigenvalue weighted by Gasteiger charge is 2.35. The van der Waals surface area contributed by atoms with Crippen LogP contribution in [0.25, 0.3) is 6.08 Å². The molecule has 0 spiro atoms. The molecule has 0 fully saturated rings. The van der Waals surface area contributed by atoms with E-state index in [-0.39, 0.29) is 18.6 Å². The number of amides is 1. The van der Waals surface area contributed by atoms with Crippen molar-refractivity contribution in [2.75, 3.05) is 20.8 Å². The van der Waals surface area contributed by atoms with Gasteiger partial charge in [-0.1, -0.05) is 12.1 Å². The maximum atomic E-state index is 13.1. The Morgan fingerprint density at radius 1 is 1.21 bits per heavy atom. The highest BCUT2D eigenvalue weighted by Crippen LogP contribution is 2.34. The largest absolute Gasteiger partial charge is 0.493 e. The van der Waals surface area contributed by atoms with Gasteiger partial charge in [-0.3, -0.25) is 4.79 Å². The van der Waals surface area contributed by atoms with Crippen molar-refractivity contribution in [3.8, 4) is 11.5 Å². The van der Waals surface area contributed by atoms with Gasteiger partial charge in [0.2, 0.25) is 0 Å². The summed E-state index contributed by atoms with van der Waals surface area (Å²) < 4.78 is 21.3. The molecular weight excluding hydrogens is 444 g/mol. The van der Waals surface area contributed by atoms with Crippen LogP contribution in [0.5, 0.6) is 11.5 Å². The lowest BCUT2D eigenvalue weighted by Crippen LogP contribution is -2.31. The third-order valence-electron chi connectivity index (χ3n) is 4.99. The van der Waals surface area contributed by atoms with Crippen molar-refractivity contribution in [2.24, 2.45) is 5.10 Å². The van der Waals surface area contributed by atoms with Crippen LogP contribution in [0.2, 0.25) is 0 Å². The average molecular weight is 467 g/mol. The molecule has 0 radical (unpaired) electrons. The Kier molecular flexibility index (Phi) is 6.89. The van der Waals surface area contributed by atoms with Crippen LogP contribution >= 0.6 is 11.3 Å². The van der Waals surface area contributed by atoms with Gasteiger partial charge in [-0.25, -0.2) is 9.80 Å². The van der Waals surface area contributed by atoms with Gasteiger partial charge in [0, 0.05) is 12.5 Å². The van der Waals surface area contributed by atoms with E-state index in [1.165, 1.54) is 25.3 Å². The number of thiophene rings is 1. The van der Waals surface area contributed by atoms with Gasteiger partial charge in [-0.05, 0) is 47.4 Å². The molecule has 0 N–H and O–H groups in total. The zero-order valence-corrected chi connectivity index (χ0v) is 18.9. The average Bonchev–Trinajstić information content (AvgIpc) is 3.61. The quantitative estimate of drug-likeness (QED) is 0.363. The van der Waals surface area contributed by atoms with Crippen LogP contribution in [0.1, 0.15) is 28.7 Å². The fourth-order valence-corrected chi connectivity index (χ4v) is 4.10. The molecule has 1 unspecified atom stereocenters. The van der Waals surface area contributed by atoms with Crippen LogP contribution in [0.15, 0.2) is 69.7 Å². The number of hydrogen-bond donors (Lipinski definition) is 0. The first-order chi connectivity index (χ1) is 16.1. The number of carbonyl (C=O) groups is 2. The van der Waals surface area contributed by atoms with Crippen molar-refractivity contribution in [2.45, 2.75) is 12.5 Å². The summed E-state index contributed by atoms with van der Waals surface area (Å²) in [6.45, 7) is -0.230. The third-order valence-corrected chi connectivity index (χ3v) is 5.91. The molecule has 2 aromatic heterocycles. The highest BCUT2D eigenvalue weighted by molar-refractivity contribution is 7.12. The molecule has 1 aliphatic rings. The lowest BCUT2D eigenvalue weighted by molar-refractivity contribution is -0.136. The molecule has 3 heterocycles. The van der Waals surface area contributed by atoms with Crippen molar-refractivity contribution in [1.29, 1.82) is 0 Å². The van der Waals surface area contributed by atoms with Crippen molar-refractivity contribution in [3.05, 3.63) is 76.4 Å². The number of benzene rings is 1. The molecular formula is C24H22N2O6S. The summed E-state index contributed by atoms with van der Waals surface area (Å²) in [7, 11) is 2.81. The third kappa shape index (κ3) is 5.15. The van der Waals surface area contributed by atoms with Gasteiger partial charge in [0.05, 0.1) is 31.1 Å². The SMILES string of the molecule is COC(=O)/C=C/c1ccc(OCC(=O)N2N=C(c3cccs3)CC2c2ccco2)c(OC)c1. The summed E-state index contributed by atoms with van der Waals surface area (Å²) in [4.78, 5) is 25.4. The van der Waals surface area contributed by atoms with Crippen LogP contribution in [0, 0.1) is 0 Å². The normalized spacial score (nSPS) is 15.5. The van der Waals surface area contributed by atoms with Crippen LogP contribution in [0.3, 0.4) is 0 Å². The minimum Gasteiger partial charge on any atom is -0.493 e. The number of esters is 1. The Hall–Kier alpha value is -3.85. The number of hydrazone groups is 1. The summed E-state index contributed by atoms with van der Waals surface area (Å²) in [5.74, 6) is 0.732. The molecule has 1 atom stereocenters. The number of nitrogens with zero attached hydrogens (tertiary/aromatic N) is 2. The number of hydrogen-bond acceptors (Lipinski definition) is 8. The molecule has 1 amide bonds. The molecule has 0 bridgehead atoms. The summed E-state index contributed by atoms with van der Waals surface area (Å²) >= 11 is 1.58. The zero-order chi connectivity index (χ0) is 23.2. The summed E-state index contributed by atoms with van der Waals surface area (Å²) in [6, 6.07) is 12.4. The predicted molar refractivity (Wildman–Crippen MR) is 123 cm³/mol. The number of ether oxygens (including phenoxy) is 3. The maximum Gasteiger partial charge on any atom is 0.330 e. The van der Waals surface area contributed by atoms with E-state index in [0.717, 1.165) is 16.2 Å². The Morgan fingerprint density at radius 2 is 2.09 bits per heavy atom. The first-order valence-corrected chi connectivity index (χ1v) is 11.0. The minimum atomic E-state index is -0.459. The summed E-state index contributed by atoms with van der Waals surface area (Å²) in [6.07, 6.45) is 5.05. The lowest BCUT2D eigenvalue weighted by Gasteiger charge is -2.20. The van der Waals surface area contributed by atoms with Crippen molar-refractivity contribution < 1.29 is 28.2 Å². The van der Waals surface area contributed by atoms with Gasteiger partial charge >= 0.3 is 5.97 Å². The van der Waals surface area contributed by atoms with Crippen molar-refractivity contribution >= 4 is 35.0 Å². The maximum absolute atomic E-state index is 13.1. The Balaban J connectivity index is 1.48. The van der Waals surface area contributed by atoms with E-state index in [4.69, 9.17) is 13.9 Å². The number of furan rings is 1.